The number of rotatable bonds is 5. The van der Waals surface area contributed by atoms with E-state index >= 15 is 0 Å². The Hall–Kier alpha value is -3.77. The van der Waals surface area contributed by atoms with Crippen molar-refractivity contribution in [2.24, 2.45) is 0 Å². The summed E-state index contributed by atoms with van der Waals surface area (Å²) < 4.78 is 25.6. The van der Waals surface area contributed by atoms with Crippen LogP contribution in [0.2, 0.25) is 0 Å². The van der Waals surface area contributed by atoms with E-state index in [9.17, 15) is 9.18 Å². The van der Waals surface area contributed by atoms with Gasteiger partial charge in [0.25, 0.3) is 0 Å². The summed E-state index contributed by atoms with van der Waals surface area (Å²) in [6.07, 6.45) is 2.99. The molecule has 0 N–H and O–H groups in total. The maximum absolute atomic E-state index is 13.1. The number of furan rings is 2. The Balaban J connectivity index is 1.32. The van der Waals surface area contributed by atoms with Gasteiger partial charge in [0, 0.05) is 5.56 Å². The maximum Gasteiger partial charge on any atom is 0.221 e. The number of aromatic nitrogens is 1. The van der Waals surface area contributed by atoms with Gasteiger partial charge < -0.3 is 8.83 Å². The second-order valence-electron chi connectivity index (χ2n) is 6.56. The minimum atomic E-state index is -0.326. The third-order valence-corrected chi connectivity index (χ3v) is 5.56. The van der Waals surface area contributed by atoms with Crippen molar-refractivity contribution in [1.29, 1.82) is 0 Å². The van der Waals surface area contributed by atoms with Crippen molar-refractivity contribution in [3.05, 3.63) is 96.2 Å². The standard InChI is InChI=1S/C24H14FNO3S/c25-16-7-5-15(6-8-16)20-13-14-21(29-20)19(27)11-9-17-10-12-22(28-17)24-26-18-3-1-2-4-23(18)30-24/h1-14H/b11-9+. The molecule has 3 heterocycles. The van der Waals surface area contributed by atoms with Crippen LogP contribution in [0.1, 0.15) is 16.3 Å². The number of para-hydroxylation sites is 1. The first-order valence-corrected chi connectivity index (χ1v) is 10.0. The van der Waals surface area contributed by atoms with Crippen LogP contribution in [-0.2, 0) is 0 Å². The van der Waals surface area contributed by atoms with Gasteiger partial charge in [-0.15, -0.1) is 11.3 Å². The number of carbonyl (C=O) groups is 1. The monoisotopic (exact) mass is 415 g/mol. The van der Waals surface area contributed by atoms with Gasteiger partial charge in [0.15, 0.2) is 16.5 Å². The van der Waals surface area contributed by atoms with Gasteiger partial charge in [-0.25, -0.2) is 9.37 Å². The van der Waals surface area contributed by atoms with Crippen LogP contribution in [-0.4, -0.2) is 10.8 Å². The Morgan fingerprint density at radius 2 is 1.70 bits per heavy atom. The molecular formula is C24H14FNO3S. The molecule has 30 heavy (non-hydrogen) atoms. The van der Waals surface area contributed by atoms with Gasteiger partial charge in [0.05, 0.1) is 10.2 Å². The summed E-state index contributed by atoms with van der Waals surface area (Å²) in [4.78, 5) is 17.0. The molecule has 0 unspecified atom stereocenters. The average Bonchev–Trinajstić information content (AvgIpc) is 3.51. The van der Waals surface area contributed by atoms with Gasteiger partial charge in [-0.3, -0.25) is 4.79 Å². The number of hydrogen-bond donors (Lipinski definition) is 0. The average molecular weight is 415 g/mol. The number of thiazole rings is 1. The molecule has 0 amide bonds. The van der Waals surface area contributed by atoms with Crippen molar-refractivity contribution in [2.75, 3.05) is 0 Å². The lowest BCUT2D eigenvalue weighted by atomic mass is 10.2. The van der Waals surface area contributed by atoms with Crippen molar-refractivity contribution in [1.82, 2.24) is 4.98 Å². The molecule has 2 aromatic carbocycles. The van der Waals surface area contributed by atoms with Crippen LogP contribution in [0.15, 0.2) is 87.7 Å². The molecule has 3 aromatic heterocycles. The first-order valence-electron chi connectivity index (χ1n) is 9.20. The summed E-state index contributed by atoms with van der Waals surface area (Å²) in [5, 5.41) is 0.789. The summed E-state index contributed by atoms with van der Waals surface area (Å²) in [6.45, 7) is 0. The number of hydrogen-bond acceptors (Lipinski definition) is 5. The van der Waals surface area contributed by atoms with Crippen LogP contribution in [0.5, 0.6) is 0 Å². The SMILES string of the molecule is O=C(/C=C/c1ccc(-c2nc3ccccc3s2)o1)c1ccc(-c2ccc(F)cc2)o1. The van der Waals surface area contributed by atoms with Gasteiger partial charge in [0.2, 0.25) is 5.78 Å². The second-order valence-corrected chi connectivity index (χ2v) is 7.59. The minimum Gasteiger partial charge on any atom is -0.454 e. The smallest absolute Gasteiger partial charge is 0.221 e. The third-order valence-electron chi connectivity index (χ3n) is 4.51. The zero-order valence-electron chi connectivity index (χ0n) is 15.5. The zero-order chi connectivity index (χ0) is 20.5. The van der Waals surface area contributed by atoms with Crippen molar-refractivity contribution in [3.8, 4) is 22.1 Å². The molecule has 0 fully saturated rings. The highest BCUT2D eigenvalue weighted by Crippen LogP contribution is 2.31. The van der Waals surface area contributed by atoms with Crippen LogP contribution < -0.4 is 0 Å². The molecule has 4 nitrogen and oxygen atoms in total. The minimum absolute atomic E-state index is 0.198. The molecule has 146 valence electrons. The molecule has 0 radical (unpaired) electrons. The number of fused-ring (bicyclic) bond motifs is 1. The fraction of sp³-hybridized carbons (Fsp3) is 0. The van der Waals surface area contributed by atoms with Gasteiger partial charge in [0.1, 0.15) is 17.3 Å². The zero-order valence-corrected chi connectivity index (χ0v) is 16.4. The molecule has 0 bridgehead atoms. The highest BCUT2D eigenvalue weighted by Gasteiger charge is 2.12. The van der Waals surface area contributed by atoms with Crippen molar-refractivity contribution < 1.29 is 18.0 Å². The Kier molecular flexibility index (Phi) is 4.61. The van der Waals surface area contributed by atoms with E-state index in [-0.39, 0.29) is 17.4 Å². The molecular weight excluding hydrogens is 401 g/mol. The summed E-state index contributed by atoms with van der Waals surface area (Å²) in [5.74, 6) is 1.28. The van der Waals surface area contributed by atoms with E-state index in [2.05, 4.69) is 4.98 Å². The predicted octanol–water partition coefficient (Wildman–Crippen LogP) is 6.85. The van der Waals surface area contributed by atoms with E-state index in [4.69, 9.17) is 8.83 Å². The van der Waals surface area contributed by atoms with E-state index in [0.29, 0.717) is 22.8 Å². The van der Waals surface area contributed by atoms with Crippen molar-refractivity contribution in [2.45, 2.75) is 0 Å². The number of carbonyl (C=O) groups excluding carboxylic acids is 1. The fourth-order valence-corrected chi connectivity index (χ4v) is 3.94. The normalized spacial score (nSPS) is 11.5. The van der Waals surface area contributed by atoms with Crippen LogP contribution in [0.25, 0.3) is 38.4 Å². The van der Waals surface area contributed by atoms with Crippen LogP contribution >= 0.6 is 11.3 Å². The molecule has 6 heteroatoms. The fourth-order valence-electron chi connectivity index (χ4n) is 3.01. The highest BCUT2D eigenvalue weighted by molar-refractivity contribution is 7.21. The molecule has 0 aliphatic heterocycles. The van der Waals surface area contributed by atoms with Gasteiger partial charge in [-0.2, -0.15) is 0 Å². The number of ketones is 1. The van der Waals surface area contributed by atoms with Gasteiger partial charge >= 0.3 is 0 Å². The molecule has 5 rings (SSSR count). The van der Waals surface area contributed by atoms with E-state index in [1.807, 2.05) is 30.3 Å². The maximum atomic E-state index is 13.1. The van der Waals surface area contributed by atoms with E-state index in [1.165, 1.54) is 18.2 Å². The Labute approximate surface area is 174 Å². The lowest BCUT2D eigenvalue weighted by Gasteiger charge is -1.96. The molecule has 0 aliphatic rings. The third kappa shape index (κ3) is 3.60. The van der Waals surface area contributed by atoms with Gasteiger partial charge in [-0.1, -0.05) is 12.1 Å². The van der Waals surface area contributed by atoms with Crippen molar-refractivity contribution >= 4 is 33.4 Å². The molecule has 5 aromatic rings. The molecule has 0 aliphatic carbocycles. The highest BCUT2D eigenvalue weighted by atomic mass is 32.1. The van der Waals surface area contributed by atoms with Crippen LogP contribution in [0.4, 0.5) is 4.39 Å². The molecule has 0 atom stereocenters. The van der Waals surface area contributed by atoms with Gasteiger partial charge in [-0.05, 0) is 72.8 Å². The Morgan fingerprint density at radius 3 is 2.53 bits per heavy atom. The number of benzene rings is 2. The molecule has 0 saturated carbocycles. The topological polar surface area (TPSA) is 56.2 Å². The Morgan fingerprint density at radius 1 is 0.900 bits per heavy atom. The lowest BCUT2D eigenvalue weighted by molar-refractivity contribution is 0.102. The predicted molar refractivity (Wildman–Crippen MR) is 115 cm³/mol. The largest absolute Gasteiger partial charge is 0.454 e. The number of nitrogens with zero attached hydrogens (tertiary/aromatic N) is 1. The van der Waals surface area contributed by atoms with Crippen LogP contribution in [0, 0.1) is 5.82 Å². The van der Waals surface area contributed by atoms with E-state index in [1.54, 1.807) is 47.7 Å². The first-order chi connectivity index (χ1) is 14.7. The number of allylic oxidation sites excluding steroid dienone is 1. The molecule has 0 saturated heterocycles. The second kappa shape index (κ2) is 7.57. The van der Waals surface area contributed by atoms with E-state index < -0.39 is 0 Å². The molecule has 0 spiro atoms. The quantitative estimate of drug-likeness (QED) is 0.233. The summed E-state index contributed by atoms with van der Waals surface area (Å²) >= 11 is 1.55. The van der Waals surface area contributed by atoms with Crippen LogP contribution in [0.3, 0.4) is 0 Å². The Bertz CT molecular complexity index is 1340. The van der Waals surface area contributed by atoms with Crippen molar-refractivity contribution in [3.63, 3.8) is 0 Å². The summed E-state index contributed by atoms with van der Waals surface area (Å²) in [6, 6.07) is 20.7. The van der Waals surface area contributed by atoms with E-state index in [0.717, 1.165) is 15.2 Å². The first kappa shape index (κ1) is 18.3. The number of halogens is 1. The lowest BCUT2D eigenvalue weighted by Crippen LogP contribution is -1.90. The summed E-state index contributed by atoms with van der Waals surface area (Å²) in [7, 11) is 0. The summed E-state index contributed by atoms with van der Waals surface area (Å²) in [5.41, 5.74) is 1.63.